The van der Waals surface area contributed by atoms with Crippen LogP contribution in [-0.4, -0.2) is 30.6 Å². The standard InChI is InChI=1S/C14H19Br3O2S/c1-2-20(18,19)8-4-7-14(10-15,11-16)12-5-3-6-13(17)9-12/h3,5-6,9H,2,4,7-8,10-11H2,1H3. The molecule has 0 aromatic heterocycles. The van der Waals surface area contributed by atoms with Crippen molar-refractivity contribution in [3.05, 3.63) is 34.3 Å². The van der Waals surface area contributed by atoms with Gasteiger partial charge >= 0.3 is 0 Å². The van der Waals surface area contributed by atoms with Crippen LogP contribution >= 0.6 is 47.8 Å². The van der Waals surface area contributed by atoms with E-state index < -0.39 is 9.84 Å². The van der Waals surface area contributed by atoms with Gasteiger partial charge in [-0.15, -0.1) is 0 Å². The average Bonchev–Trinajstić information content (AvgIpc) is 2.44. The number of benzene rings is 1. The molecule has 114 valence electrons. The Labute approximate surface area is 147 Å². The van der Waals surface area contributed by atoms with E-state index in [1.165, 1.54) is 5.56 Å². The van der Waals surface area contributed by atoms with E-state index in [1.54, 1.807) is 6.92 Å². The Morgan fingerprint density at radius 2 is 1.85 bits per heavy atom. The quantitative estimate of drug-likeness (QED) is 0.495. The Balaban J connectivity index is 2.88. The molecule has 1 rings (SSSR count). The molecule has 0 saturated carbocycles. The van der Waals surface area contributed by atoms with Crippen LogP contribution in [0, 0.1) is 0 Å². The lowest BCUT2D eigenvalue weighted by atomic mass is 9.80. The third kappa shape index (κ3) is 5.11. The summed E-state index contributed by atoms with van der Waals surface area (Å²) in [6.45, 7) is 1.70. The van der Waals surface area contributed by atoms with Crippen LogP contribution < -0.4 is 0 Å². The minimum absolute atomic E-state index is 0.0763. The van der Waals surface area contributed by atoms with Crippen molar-refractivity contribution in [1.29, 1.82) is 0 Å². The first kappa shape index (κ1) is 18.7. The van der Waals surface area contributed by atoms with Crippen LogP contribution in [0.2, 0.25) is 0 Å². The molecule has 1 aromatic rings. The van der Waals surface area contributed by atoms with Crippen molar-refractivity contribution in [3.8, 4) is 0 Å². The highest BCUT2D eigenvalue weighted by molar-refractivity contribution is 9.10. The van der Waals surface area contributed by atoms with Crippen LogP contribution in [0.3, 0.4) is 0 Å². The van der Waals surface area contributed by atoms with Gasteiger partial charge in [0.05, 0.1) is 5.75 Å². The van der Waals surface area contributed by atoms with Crippen LogP contribution in [-0.2, 0) is 15.3 Å². The lowest BCUT2D eigenvalue weighted by molar-refractivity contribution is 0.494. The molecular weight excluding hydrogens is 472 g/mol. The number of hydrogen-bond acceptors (Lipinski definition) is 2. The summed E-state index contributed by atoms with van der Waals surface area (Å²) in [4.78, 5) is 0. The van der Waals surface area contributed by atoms with E-state index in [2.05, 4.69) is 59.9 Å². The zero-order chi connectivity index (χ0) is 15.2. The second-order valence-electron chi connectivity index (χ2n) is 4.90. The minimum Gasteiger partial charge on any atom is -0.229 e. The van der Waals surface area contributed by atoms with Crippen molar-refractivity contribution in [2.24, 2.45) is 0 Å². The Bertz CT molecular complexity index is 525. The first-order valence-corrected chi connectivity index (χ1v) is 11.3. The third-order valence-electron chi connectivity index (χ3n) is 3.50. The normalized spacial score (nSPS) is 12.6. The maximum atomic E-state index is 11.6. The van der Waals surface area contributed by atoms with Crippen LogP contribution in [0.4, 0.5) is 0 Å². The van der Waals surface area contributed by atoms with Crippen molar-refractivity contribution in [2.45, 2.75) is 25.2 Å². The molecule has 0 unspecified atom stereocenters. The molecule has 0 N–H and O–H groups in total. The van der Waals surface area contributed by atoms with E-state index in [4.69, 9.17) is 0 Å². The van der Waals surface area contributed by atoms with Crippen LogP contribution in [0.1, 0.15) is 25.3 Å². The van der Waals surface area contributed by atoms with Crippen LogP contribution in [0.5, 0.6) is 0 Å². The molecule has 0 aliphatic rings. The molecule has 6 heteroatoms. The number of hydrogen-bond donors (Lipinski definition) is 0. The monoisotopic (exact) mass is 488 g/mol. The van der Waals surface area contributed by atoms with E-state index in [-0.39, 0.29) is 16.9 Å². The topological polar surface area (TPSA) is 34.1 Å². The van der Waals surface area contributed by atoms with E-state index >= 15 is 0 Å². The Morgan fingerprint density at radius 3 is 2.35 bits per heavy atom. The van der Waals surface area contributed by atoms with Gasteiger partial charge in [0.15, 0.2) is 0 Å². The molecule has 0 saturated heterocycles. The number of alkyl halides is 2. The summed E-state index contributed by atoms with van der Waals surface area (Å²) in [6.07, 6.45) is 1.51. The van der Waals surface area contributed by atoms with Gasteiger partial charge in [-0.2, -0.15) is 0 Å². The van der Waals surface area contributed by atoms with Crippen molar-refractivity contribution < 1.29 is 8.42 Å². The zero-order valence-corrected chi connectivity index (χ0v) is 17.0. The van der Waals surface area contributed by atoms with Crippen molar-refractivity contribution in [2.75, 3.05) is 22.2 Å². The van der Waals surface area contributed by atoms with Gasteiger partial charge < -0.3 is 0 Å². The van der Waals surface area contributed by atoms with Gasteiger partial charge in [0.25, 0.3) is 0 Å². The third-order valence-corrected chi connectivity index (χ3v) is 7.93. The zero-order valence-electron chi connectivity index (χ0n) is 11.4. The Hall–Kier alpha value is 0.610. The van der Waals surface area contributed by atoms with Gasteiger partial charge in [-0.1, -0.05) is 66.8 Å². The van der Waals surface area contributed by atoms with Gasteiger partial charge in [0.1, 0.15) is 9.84 Å². The fourth-order valence-corrected chi connectivity index (χ4v) is 5.47. The highest BCUT2D eigenvalue weighted by atomic mass is 79.9. The Kier molecular flexibility index (Phi) is 7.74. The lowest BCUT2D eigenvalue weighted by Gasteiger charge is -2.31. The predicted molar refractivity (Wildman–Crippen MR) is 97.0 cm³/mol. The highest BCUT2D eigenvalue weighted by Gasteiger charge is 2.30. The highest BCUT2D eigenvalue weighted by Crippen LogP contribution is 2.35. The lowest BCUT2D eigenvalue weighted by Crippen LogP contribution is -2.31. The van der Waals surface area contributed by atoms with Gasteiger partial charge in [-0.05, 0) is 30.5 Å². The molecule has 0 radical (unpaired) electrons. The summed E-state index contributed by atoms with van der Waals surface area (Å²) in [5.41, 5.74) is 1.14. The number of rotatable bonds is 8. The summed E-state index contributed by atoms with van der Waals surface area (Å²) in [5, 5.41) is 1.60. The molecule has 0 aliphatic heterocycles. The van der Waals surface area contributed by atoms with Crippen molar-refractivity contribution >= 4 is 57.6 Å². The SMILES string of the molecule is CCS(=O)(=O)CCCC(CBr)(CBr)c1cccc(Br)c1. The molecule has 0 fully saturated rings. The fraction of sp³-hybridized carbons (Fsp3) is 0.571. The van der Waals surface area contributed by atoms with Gasteiger partial charge in [-0.3, -0.25) is 0 Å². The first-order valence-electron chi connectivity index (χ1n) is 6.47. The molecule has 0 bridgehead atoms. The van der Waals surface area contributed by atoms with Crippen molar-refractivity contribution in [3.63, 3.8) is 0 Å². The van der Waals surface area contributed by atoms with E-state index in [1.807, 2.05) is 12.1 Å². The second-order valence-corrected chi connectivity index (χ2v) is 9.41. The molecular formula is C14H19Br3O2S. The molecule has 0 atom stereocenters. The van der Waals surface area contributed by atoms with E-state index in [0.717, 1.165) is 21.6 Å². The molecule has 20 heavy (non-hydrogen) atoms. The summed E-state index contributed by atoms with van der Waals surface area (Å²) in [5.74, 6) is 0.485. The second kappa shape index (κ2) is 8.30. The predicted octanol–water partition coefficient (Wildman–Crippen LogP) is 4.69. The molecule has 0 aliphatic carbocycles. The van der Waals surface area contributed by atoms with Crippen molar-refractivity contribution in [1.82, 2.24) is 0 Å². The van der Waals surface area contributed by atoms with E-state index in [0.29, 0.717) is 6.42 Å². The summed E-state index contributed by atoms with van der Waals surface area (Å²) >= 11 is 10.7. The minimum atomic E-state index is -2.89. The summed E-state index contributed by atoms with van der Waals surface area (Å²) in [7, 11) is -2.89. The molecule has 0 spiro atoms. The smallest absolute Gasteiger partial charge is 0.150 e. The summed E-state index contributed by atoms with van der Waals surface area (Å²) in [6, 6.07) is 8.22. The average molecular weight is 491 g/mol. The maximum absolute atomic E-state index is 11.6. The molecule has 0 amide bonds. The maximum Gasteiger partial charge on any atom is 0.150 e. The Morgan fingerprint density at radius 1 is 1.20 bits per heavy atom. The fourth-order valence-electron chi connectivity index (χ4n) is 2.06. The van der Waals surface area contributed by atoms with Crippen LogP contribution in [0.25, 0.3) is 0 Å². The molecule has 0 heterocycles. The number of sulfone groups is 1. The number of halogens is 3. The van der Waals surface area contributed by atoms with E-state index in [9.17, 15) is 8.42 Å². The largest absolute Gasteiger partial charge is 0.229 e. The van der Waals surface area contributed by atoms with Gasteiger partial charge in [0.2, 0.25) is 0 Å². The first-order chi connectivity index (χ1) is 9.39. The summed E-state index contributed by atoms with van der Waals surface area (Å²) < 4.78 is 24.3. The van der Waals surface area contributed by atoms with Gasteiger partial charge in [0, 0.05) is 26.3 Å². The van der Waals surface area contributed by atoms with Gasteiger partial charge in [-0.25, -0.2) is 8.42 Å². The molecule has 2 nitrogen and oxygen atoms in total. The van der Waals surface area contributed by atoms with Crippen LogP contribution in [0.15, 0.2) is 28.7 Å². The molecule has 1 aromatic carbocycles.